The lowest BCUT2D eigenvalue weighted by atomic mass is 10.1. The average molecular weight is 388 g/mol. The lowest BCUT2D eigenvalue weighted by Gasteiger charge is -2.12. The van der Waals surface area contributed by atoms with E-state index < -0.39 is 6.10 Å². The molecule has 1 heterocycles. The Labute approximate surface area is 168 Å². The fraction of sp³-hybridized carbons (Fsp3) is 0.130. The molecule has 6 heteroatoms. The highest BCUT2D eigenvalue weighted by molar-refractivity contribution is 6.05. The molecule has 1 aliphatic rings. The topological polar surface area (TPSA) is 76.7 Å². The average Bonchev–Trinajstić information content (AvgIpc) is 3.19. The summed E-state index contributed by atoms with van der Waals surface area (Å²) >= 11 is 0. The first-order valence-corrected chi connectivity index (χ1v) is 9.24. The maximum Gasteiger partial charge on any atom is 0.265 e. The highest BCUT2D eigenvalue weighted by Gasteiger charge is 2.28. The molecule has 0 saturated heterocycles. The van der Waals surface area contributed by atoms with E-state index in [1.54, 1.807) is 43.5 Å². The highest BCUT2D eigenvalue weighted by Crippen LogP contribution is 2.29. The molecular weight excluding hydrogens is 368 g/mol. The summed E-state index contributed by atoms with van der Waals surface area (Å²) < 4.78 is 10.9. The lowest BCUT2D eigenvalue weighted by molar-refractivity contribution is -0.122. The minimum atomic E-state index is -0.555. The molecule has 0 fully saturated rings. The van der Waals surface area contributed by atoms with Crippen molar-refractivity contribution in [3.8, 4) is 11.5 Å². The number of nitrogens with one attached hydrogen (secondary N) is 2. The van der Waals surface area contributed by atoms with Crippen LogP contribution in [0.1, 0.15) is 15.9 Å². The van der Waals surface area contributed by atoms with E-state index in [1.165, 1.54) is 0 Å². The van der Waals surface area contributed by atoms with E-state index in [-0.39, 0.29) is 11.8 Å². The standard InChI is InChI=1S/C23H20N2O4/c1-28-20-9-5-3-7-18(20)25-22(26)15-10-12-17(13-11-15)24-23(27)21-14-16-6-2-4-8-19(16)29-21/h2-13,21H,14H2,1H3,(H,24,27)(H,25,26)/t21-/m1/s1. The molecule has 0 saturated carbocycles. The number of hydrogen-bond donors (Lipinski definition) is 2. The van der Waals surface area contributed by atoms with Crippen molar-refractivity contribution in [3.05, 3.63) is 83.9 Å². The van der Waals surface area contributed by atoms with Crippen molar-refractivity contribution in [3.63, 3.8) is 0 Å². The van der Waals surface area contributed by atoms with Gasteiger partial charge in [0, 0.05) is 17.7 Å². The maximum atomic E-state index is 12.5. The van der Waals surface area contributed by atoms with Gasteiger partial charge in [0.15, 0.2) is 6.10 Å². The van der Waals surface area contributed by atoms with E-state index >= 15 is 0 Å². The van der Waals surface area contributed by atoms with Crippen LogP contribution in [-0.4, -0.2) is 25.0 Å². The Kier molecular flexibility index (Phi) is 5.16. The molecule has 0 spiro atoms. The number of carbonyl (C=O) groups excluding carboxylic acids is 2. The predicted molar refractivity (Wildman–Crippen MR) is 111 cm³/mol. The molecule has 146 valence electrons. The van der Waals surface area contributed by atoms with Gasteiger partial charge >= 0.3 is 0 Å². The first-order chi connectivity index (χ1) is 14.1. The Morgan fingerprint density at radius 3 is 2.41 bits per heavy atom. The first kappa shape index (κ1) is 18.6. The number of anilines is 2. The van der Waals surface area contributed by atoms with Gasteiger partial charge in [0.25, 0.3) is 11.8 Å². The Morgan fingerprint density at radius 2 is 1.66 bits per heavy atom. The normalized spacial score (nSPS) is 14.4. The van der Waals surface area contributed by atoms with Gasteiger partial charge in [0.1, 0.15) is 11.5 Å². The molecule has 1 aliphatic heterocycles. The van der Waals surface area contributed by atoms with E-state index in [4.69, 9.17) is 9.47 Å². The molecule has 0 bridgehead atoms. The second-order valence-electron chi connectivity index (χ2n) is 6.64. The van der Waals surface area contributed by atoms with Crippen molar-refractivity contribution >= 4 is 23.2 Å². The molecule has 2 N–H and O–H groups in total. The van der Waals surface area contributed by atoms with Crippen molar-refractivity contribution in [1.29, 1.82) is 0 Å². The summed E-state index contributed by atoms with van der Waals surface area (Å²) in [6.07, 6.45) is -0.0116. The van der Waals surface area contributed by atoms with Gasteiger partial charge in [0.05, 0.1) is 12.8 Å². The molecule has 1 atom stereocenters. The number of hydrogen-bond acceptors (Lipinski definition) is 4. The molecule has 0 unspecified atom stereocenters. The van der Waals surface area contributed by atoms with Gasteiger partial charge in [-0.2, -0.15) is 0 Å². The minimum absolute atomic E-state index is 0.215. The number of amides is 2. The minimum Gasteiger partial charge on any atom is -0.495 e. The molecular formula is C23H20N2O4. The molecule has 4 rings (SSSR count). The van der Waals surface area contributed by atoms with Gasteiger partial charge in [-0.1, -0.05) is 30.3 Å². The van der Waals surface area contributed by atoms with Gasteiger partial charge in [-0.05, 0) is 48.0 Å². The van der Waals surface area contributed by atoms with Crippen molar-refractivity contribution in [2.45, 2.75) is 12.5 Å². The van der Waals surface area contributed by atoms with Crippen molar-refractivity contribution in [2.24, 2.45) is 0 Å². The second-order valence-corrected chi connectivity index (χ2v) is 6.64. The molecule has 29 heavy (non-hydrogen) atoms. The zero-order valence-corrected chi connectivity index (χ0v) is 15.8. The van der Waals surface area contributed by atoms with Gasteiger partial charge in [0.2, 0.25) is 0 Å². The number of ether oxygens (including phenoxy) is 2. The highest BCUT2D eigenvalue weighted by atomic mass is 16.5. The molecule has 6 nitrogen and oxygen atoms in total. The number of fused-ring (bicyclic) bond motifs is 1. The van der Waals surface area contributed by atoms with E-state index in [0.717, 1.165) is 11.3 Å². The van der Waals surface area contributed by atoms with E-state index in [0.29, 0.717) is 29.1 Å². The van der Waals surface area contributed by atoms with E-state index in [1.807, 2.05) is 36.4 Å². The maximum absolute atomic E-state index is 12.5. The summed E-state index contributed by atoms with van der Waals surface area (Å²) in [7, 11) is 1.55. The fourth-order valence-electron chi connectivity index (χ4n) is 3.20. The summed E-state index contributed by atoms with van der Waals surface area (Å²) in [5.74, 6) is 0.854. The van der Waals surface area contributed by atoms with Crippen molar-refractivity contribution in [1.82, 2.24) is 0 Å². The number of para-hydroxylation sites is 3. The Hall–Kier alpha value is -3.80. The van der Waals surface area contributed by atoms with Crippen LogP contribution in [-0.2, 0) is 11.2 Å². The third-order valence-corrected chi connectivity index (χ3v) is 4.71. The third-order valence-electron chi connectivity index (χ3n) is 4.71. The summed E-state index contributed by atoms with van der Waals surface area (Å²) in [6.45, 7) is 0. The van der Waals surface area contributed by atoms with Crippen molar-refractivity contribution in [2.75, 3.05) is 17.7 Å². The zero-order valence-electron chi connectivity index (χ0n) is 15.8. The largest absolute Gasteiger partial charge is 0.495 e. The van der Waals surface area contributed by atoms with Gasteiger partial charge in [-0.15, -0.1) is 0 Å². The van der Waals surface area contributed by atoms with Gasteiger partial charge < -0.3 is 20.1 Å². The van der Waals surface area contributed by atoms with E-state index in [2.05, 4.69) is 10.6 Å². The van der Waals surface area contributed by atoms with Crippen LogP contribution < -0.4 is 20.1 Å². The number of benzene rings is 3. The Morgan fingerprint density at radius 1 is 0.931 bits per heavy atom. The Bertz CT molecular complexity index is 1020. The van der Waals surface area contributed by atoms with Crippen LogP contribution in [0.15, 0.2) is 72.8 Å². The van der Waals surface area contributed by atoms with E-state index in [9.17, 15) is 9.59 Å². The van der Waals surface area contributed by atoms with Crippen LogP contribution in [0.4, 0.5) is 11.4 Å². The molecule has 2 amide bonds. The predicted octanol–water partition coefficient (Wildman–Crippen LogP) is 3.89. The van der Waals surface area contributed by atoms with Gasteiger partial charge in [-0.25, -0.2) is 0 Å². The number of carbonyl (C=O) groups is 2. The van der Waals surface area contributed by atoms with Crippen LogP contribution in [0.5, 0.6) is 11.5 Å². The van der Waals surface area contributed by atoms with Crippen molar-refractivity contribution < 1.29 is 19.1 Å². The van der Waals surface area contributed by atoms with Crippen LogP contribution in [0.3, 0.4) is 0 Å². The smallest absolute Gasteiger partial charge is 0.265 e. The molecule has 0 radical (unpaired) electrons. The molecule has 0 aromatic heterocycles. The van der Waals surface area contributed by atoms with Crippen LogP contribution in [0.25, 0.3) is 0 Å². The lowest BCUT2D eigenvalue weighted by Crippen LogP contribution is -2.31. The summed E-state index contributed by atoms with van der Waals surface area (Å²) in [4.78, 5) is 25.0. The second kappa shape index (κ2) is 8.06. The fourth-order valence-corrected chi connectivity index (χ4v) is 3.20. The molecule has 3 aromatic carbocycles. The SMILES string of the molecule is COc1ccccc1NC(=O)c1ccc(NC(=O)[C@H]2Cc3ccccc3O2)cc1. The summed E-state index contributed by atoms with van der Waals surface area (Å²) in [5, 5.41) is 5.66. The zero-order chi connectivity index (χ0) is 20.2. The first-order valence-electron chi connectivity index (χ1n) is 9.24. The van der Waals surface area contributed by atoms with Crippen LogP contribution in [0, 0.1) is 0 Å². The quantitative estimate of drug-likeness (QED) is 0.695. The van der Waals surface area contributed by atoms with Crippen LogP contribution >= 0.6 is 0 Å². The molecule has 0 aliphatic carbocycles. The summed E-state index contributed by atoms with van der Waals surface area (Å²) in [6, 6.07) is 21.5. The van der Waals surface area contributed by atoms with Crippen LogP contribution in [0.2, 0.25) is 0 Å². The third kappa shape index (κ3) is 4.06. The molecule has 3 aromatic rings. The monoisotopic (exact) mass is 388 g/mol. The number of methoxy groups -OCH3 is 1. The summed E-state index contributed by atoms with van der Waals surface area (Å²) in [5.41, 5.74) is 2.69. The number of rotatable bonds is 5. The van der Waals surface area contributed by atoms with Gasteiger partial charge in [-0.3, -0.25) is 9.59 Å². The Balaban J connectivity index is 1.38.